The molecule has 7 nitrogen and oxygen atoms in total. The van der Waals surface area contributed by atoms with E-state index in [4.69, 9.17) is 11.6 Å². The van der Waals surface area contributed by atoms with Gasteiger partial charge in [-0.15, -0.1) is 10.2 Å². The van der Waals surface area contributed by atoms with Gasteiger partial charge in [0.1, 0.15) is 0 Å². The molecule has 1 amide bonds. The Bertz CT molecular complexity index is 1000. The normalized spacial score (nSPS) is 10.2. The van der Waals surface area contributed by atoms with Crippen LogP contribution in [-0.4, -0.2) is 29.2 Å². The molecule has 0 bridgehead atoms. The van der Waals surface area contributed by atoms with Gasteiger partial charge in [0.15, 0.2) is 11.5 Å². The average Bonchev–Trinajstić information content (AvgIpc) is 2.71. The van der Waals surface area contributed by atoms with E-state index in [2.05, 4.69) is 25.6 Å². The Balaban J connectivity index is 1.64. The SMILES string of the molecule is COC(=O)c1ccc(NC(=O)c2ccc(Nc3ccc(C)c(Cl)c3)nn2)cc1. The molecule has 3 aromatic rings. The molecule has 28 heavy (non-hydrogen) atoms. The lowest BCUT2D eigenvalue weighted by molar-refractivity contribution is 0.0600. The Morgan fingerprint density at radius 1 is 0.964 bits per heavy atom. The molecule has 0 saturated heterocycles. The molecule has 2 aromatic carbocycles. The zero-order chi connectivity index (χ0) is 20.1. The van der Waals surface area contributed by atoms with Crippen LogP contribution >= 0.6 is 11.6 Å². The summed E-state index contributed by atoms with van der Waals surface area (Å²) in [4.78, 5) is 23.7. The minimum atomic E-state index is -0.443. The van der Waals surface area contributed by atoms with Crippen LogP contribution in [-0.2, 0) is 4.74 Å². The van der Waals surface area contributed by atoms with E-state index in [1.807, 2.05) is 19.1 Å². The molecule has 0 aliphatic rings. The average molecular weight is 397 g/mol. The lowest BCUT2D eigenvalue weighted by Crippen LogP contribution is -2.14. The van der Waals surface area contributed by atoms with Crippen LogP contribution in [0, 0.1) is 6.92 Å². The van der Waals surface area contributed by atoms with Crippen LogP contribution in [0.5, 0.6) is 0 Å². The van der Waals surface area contributed by atoms with Crippen LogP contribution in [0.2, 0.25) is 5.02 Å². The van der Waals surface area contributed by atoms with E-state index in [0.29, 0.717) is 22.1 Å². The maximum atomic E-state index is 12.3. The van der Waals surface area contributed by atoms with Crippen molar-refractivity contribution in [1.82, 2.24) is 10.2 Å². The van der Waals surface area contributed by atoms with Crippen molar-refractivity contribution in [2.24, 2.45) is 0 Å². The van der Waals surface area contributed by atoms with Crippen molar-refractivity contribution in [2.75, 3.05) is 17.7 Å². The second kappa shape index (κ2) is 8.49. The second-order valence-corrected chi connectivity index (χ2v) is 6.32. The van der Waals surface area contributed by atoms with Gasteiger partial charge in [0.05, 0.1) is 12.7 Å². The Hall–Kier alpha value is -3.45. The van der Waals surface area contributed by atoms with E-state index in [-0.39, 0.29) is 5.69 Å². The van der Waals surface area contributed by atoms with Gasteiger partial charge in [-0.3, -0.25) is 4.79 Å². The number of aryl methyl sites for hydroxylation is 1. The minimum Gasteiger partial charge on any atom is -0.465 e. The summed E-state index contributed by atoms with van der Waals surface area (Å²) >= 11 is 6.10. The molecule has 0 radical (unpaired) electrons. The summed E-state index contributed by atoms with van der Waals surface area (Å²) in [6.45, 7) is 1.92. The number of esters is 1. The van der Waals surface area contributed by atoms with Gasteiger partial charge in [-0.25, -0.2) is 4.79 Å². The van der Waals surface area contributed by atoms with E-state index in [1.165, 1.54) is 7.11 Å². The van der Waals surface area contributed by atoms with Crippen LogP contribution in [0.3, 0.4) is 0 Å². The van der Waals surface area contributed by atoms with Crippen molar-refractivity contribution in [3.05, 3.63) is 76.4 Å². The predicted octanol–water partition coefficient (Wildman–Crippen LogP) is 4.22. The number of nitrogens with one attached hydrogen (secondary N) is 2. The first-order valence-electron chi connectivity index (χ1n) is 8.33. The van der Waals surface area contributed by atoms with Crippen LogP contribution in [0.4, 0.5) is 17.2 Å². The summed E-state index contributed by atoms with van der Waals surface area (Å²) in [5, 5.41) is 14.4. The number of aromatic nitrogens is 2. The summed E-state index contributed by atoms with van der Waals surface area (Å²) < 4.78 is 4.63. The molecular weight excluding hydrogens is 380 g/mol. The molecule has 3 rings (SSSR count). The van der Waals surface area contributed by atoms with Crippen molar-refractivity contribution in [3.8, 4) is 0 Å². The van der Waals surface area contributed by atoms with Crippen molar-refractivity contribution >= 4 is 40.7 Å². The standard InChI is InChI=1S/C20H17ClN4O3/c1-12-3-6-15(11-16(12)21)22-18-10-9-17(24-25-18)19(26)23-14-7-4-13(5-8-14)20(27)28-2/h3-11H,1-2H3,(H,22,25)(H,23,26). The van der Waals surface area contributed by atoms with Crippen LogP contribution in [0.25, 0.3) is 0 Å². The number of benzene rings is 2. The molecule has 0 saturated carbocycles. The predicted molar refractivity (Wildman–Crippen MR) is 107 cm³/mol. The van der Waals surface area contributed by atoms with Crippen molar-refractivity contribution in [3.63, 3.8) is 0 Å². The molecule has 8 heteroatoms. The number of methoxy groups -OCH3 is 1. The third-order valence-corrected chi connectivity index (χ3v) is 4.31. The third-order valence-electron chi connectivity index (χ3n) is 3.91. The first kappa shape index (κ1) is 19.3. The highest BCUT2D eigenvalue weighted by Gasteiger charge is 2.10. The van der Waals surface area contributed by atoms with Gasteiger partial charge >= 0.3 is 5.97 Å². The van der Waals surface area contributed by atoms with Gasteiger partial charge in [-0.1, -0.05) is 17.7 Å². The first-order valence-corrected chi connectivity index (χ1v) is 8.70. The van der Waals surface area contributed by atoms with Gasteiger partial charge in [-0.2, -0.15) is 0 Å². The molecule has 0 aliphatic heterocycles. The smallest absolute Gasteiger partial charge is 0.337 e. The Morgan fingerprint density at radius 3 is 2.29 bits per heavy atom. The van der Waals surface area contributed by atoms with Crippen LogP contribution < -0.4 is 10.6 Å². The largest absolute Gasteiger partial charge is 0.465 e. The summed E-state index contributed by atoms with van der Waals surface area (Å²) in [5.41, 5.74) is 2.82. The molecule has 2 N–H and O–H groups in total. The monoisotopic (exact) mass is 396 g/mol. The highest BCUT2D eigenvalue weighted by atomic mass is 35.5. The topological polar surface area (TPSA) is 93.2 Å². The molecular formula is C20H17ClN4O3. The zero-order valence-electron chi connectivity index (χ0n) is 15.2. The van der Waals surface area contributed by atoms with Crippen molar-refractivity contribution < 1.29 is 14.3 Å². The van der Waals surface area contributed by atoms with E-state index in [0.717, 1.165) is 11.3 Å². The number of hydrogen-bond donors (Lipinski definition) is 2. The molecule has 1 heterocycles. The van der Waals surface area contributed by atoms with Gasteiger partial charge in [0.2, 0.25) is 0 Å². The van der Waals surface area contributed by atoms with Gasteiger partial charge in [0.25, 0.3) is 5.91 Å². The maximum absolute atomic E-state index is 12.3. The number of nitrogens with zero attached hydrogens (tertiary/aromatic N) is 2. The number of anilines is 3. The zero-order valence-corrected chi connectivity index (χ0v) is 15.9. The summed E-state index contributed by atoms with van der Waals surface area (Å²) in [5.74, 6) is -0.371. The first-order chi connectivity index (χ1) is 13.5. The van der Waals surface area contributed by atoms with E-state index >= 15 is 0 Å². The molecule has 0 aliphatic carbocycles. The fourth-order valence-electron chi connectivity index (χ4n) is 2.34. The van der Waals surface area contributed by atoms with Gasteiger partial charge < -0.3 is 15.4 Å². The fourth-order valence-corrected chi connectivity index (χ4v) is 2.52. The molecule has 0 unspecified atom stereocenters. The summed E-state index contributed by atoms with van der Waals surface area (Å²) in [6.07, 6.45) is 0. The van der Waals surface area contributed by atoms with Gasteiger partial charge in [0, 0.05) is 16.4 Å². The Morgan fingerprint density at radius 2 is 1.68 bits per heavy atom. The highest BCUT2D eigenvalue weighted by Crippen LogP contribution is 2.22. The fraction of sp³-hybridized carbons (Fsp3) is 0.100. The maximum Gasteiger partial charge on any atom is 0.337 e. The molecule has 142 valence electrons. The third kappa shape index (κ3) is 4.63. The minimum absolute atomic E-state index is 0.157. The summed E-state index contributed by atoms with van der Waals surface area (Å²) in [7, 11) is 1.31. The lowest BCUT2D eigenvalue weighted by atomic mass is 10.2. The van der Waals surface area contributed by atoms with Gasteiger partial charge in [-0.05, 0) is 61.0 Å². The number of carbonyl (C=O) groups excluding carboxylic acids is 2. The van der Waals surface area contributed by atoms with E-state index < -0.39 is 11.9 Å². The van der Waals surface area contributed by atoms with E-state index in [1.54, 1.807) is 42.5 Å². The number of rotatable bonds is 5. The van der Waals surface area contributed by atoms with Crippen LogP contribution in [0.1, 0.15) is 26.4 Å². The highest BCUT2D eigenvalue weighted by molar-refractivity contribution is 6.31. The quantitative estimate of drug-likeness (QED) is 0.627. The molecule has 0 fully saturated rings. The number of carbonyl (C=O) groups is 2. The summed E-state index contributed by atoms with van der Waals surface area (Å²) in [6, 6.07) is 15.1. The molecule has 0 atom stereocenters. The van der Waals surface area contributed by atoms with Crippen molar-refractivity contribution in [2.45, 2.75) is 6.92 Å². The van der Waals surface area contributed by atoms with E-state index in [9.17, 15) is 9.59 Å². The number of hydrogen-bond acceptors (Lipinski definition) is 6. The Kier molecular flexibility index (Phi) is 5.86. The van der Waals surface area contributed by atoms with Crippen molar-refractivity contribution in [1.29, 1.82) is 0 Å². The Labute approximate surface area is 166 Å². The number of ether oxygens (including phenoxy) is 1. The lowest BCUT2D eigenvalue weighted by Gasteiger charge is -2.08. The number of halogens is 1. The van der Waals surface area contributed by atoms with Crippen LogP contribution in [0.15, 0.2) is 54.6 Å². The number of amides is 1. The molecule has 0 spiro atoms. The second-order valence-electron chi connectivity index (χ2n) is 5.92. The molecule has 1 aromatic heterocycles.